The molecule has 0 aliphatic carbocycles. The van der Waals surface area contributed by atoms with E-state index < -0.39 is 39.8 Å². The van der Waals surface area contributed by atoms with E-state index in [9.17, 15) is 40.2 Å². The van der Waals surface area contributed by atoms with E-state index in [1.807, 2.05) is 0 Å². The molecule has 17 N–H and O–H groups in total. The molecule has 0 unspecified atom stereocenters. The number of anilines is 6. The molecule has 0 atom stereocenters. The summed E-state index contributed by atoms with van der Waals surface area (Å²) in [6.45, 7) is 3.02. The van der Waals surface area contributed by atoms with Crippen molar-refractivity contribution in [2.75, 3.05) is 39.7 Å². The summed E-state index contributed by atoms with van der Waals surface area (Å²) in [6, 6.07) is 23.7. The zero-order valence-electron chi connectivity index (χ0n) is 31.8. The summed E-state index contributed by atoms with van der Waals surface area (Å²) in [4.78, 5) is 20.2. The lowest BCUT2D eigenvalue weighted by Gasteiger charge is -2.03. The molecule has 61 heavy (non-hydrogen) atoms. The molecule has 0 fully saturated rings. The predicted molar refractivity (Wildman–Crippen MR) is 228 cm³/mol. The minimum absolute atomic E-state index is 0.0125. The minimum atomic E-state index is -4.33. The third kappa shape index (κ3) is 19.5. The van der Waals surface area contributed by atoms with E-state index in [2.05, 4.69) is 14.7 Å². The second kappa shape index (κ2) is 24.0. The van der Waals surface area contributed by atoms with Crippen LogP contribution in [0.25, 0.3) is 0 Å². The zero-order chi connectivity index (χ0) is 46.7. The number of nitrogens with one attached hydrogen (secondary N) is 1. The summed E-state index contributed by atoms with van der Waals surface area (Å²) in [7, 11) is -11.3. The fourth-order valence-electron chi connectivity index (χ4n) is 3.84. The average Bonchev–Trinajstić information content (AvgIpc) is 3.17. The normalized spacial score (nSPS) is 10.7. The van der Waals surface area contributed by atoms with Gasteiger partial charge < -0.3 is 44.2 Å². The maximum absolute atomic E-state index is 11.3. The van der Waals surface area contributed by atoms with Gasteiger partial charge in [-0.15, -0.1) is 4.33 Å². The molecule has 0 heterocycles. The van der Waals surface area contributed by atoms with Crippen LogP contribution in [0.15, 0.2) is 123 Å². The van der Waals surface area contributed by atoms with Gasteiger partial charge in [0.2, 0.25) is 15.9 Å². The first-order chi connectivity index (χ1) is 28.2. The summed E-state index contributed by atoms with van der Waals surface area (Å²) in [5.41, 5.74) is 28.7. The van der Waals surface area contributed by atoms with Gasteiger partial charge in [-0.2, -0.15) is 8.42 Å². The smallest absolute Gasteiger partial charge is 0.296 e. The van der Waals surface area contributed by atoms with Crippen LogP contribution in [0.1, 0.15) is 13.8 Å². The highest BCUT2D eigenvalue weighted by molar-refractivity contribution is 7.94. The molecular weight excluding hydrogens is 889 g/mol. The number of benzene rings is 5. The average molecular weight is 931 g/mol. The van der Waals surface area contributed by atoms with Gasteiger partial charge in [-0.05, 0) is 91.0 Å². The number of carbonyl (C=O) groups excluding carboxylic acids is 1. The SMILES string of the molecule is CC(=O)Nc1ccc(N)cc1.CCS(=O)(=O)c1ccc(O)c(N)c1.Nc1cc(S(N)(=O)=O)ccc1O.Nc1cc(SOOO)ccc1S(=O)(=O)O.Nc1ccc([N+](=O)[O-])cc1. The van der Waals surface area contributed by atoms with Gasteiger partial charge in [0.05, 0.1) is 49.6 Å². The molecule has 1 amide bonds. The van der Waals surface area contributed by atoms with E-state index in [4.69, 9.17) is 53.8 Å². The first kappa shape index (κ1) is 52.6. The molecular formula is C34H42N8O15S4. The van der Waals surface area contributed by atoms with Crippen molar-refractivity contribution in [3.8, 4) is 11.5 Å². The first-order valence-corrected chi connectivity index (χ1v) is 21.7. The molecule has 332 valence electrons. The van der Waals surface area contributed by atoms with Crippen molar-refractivity contribution < 1.29 is 64.4 Å². The molecule has 0 aliphatic rings. The first-order valence-electron chi connectivity index (χ1n) is 16.3. The van der Waals surface area contributed by atoms with Crippen molar-refractivity contribution in [3.63, 3.8) is 0 Å². The monoisotopic (exact) mass is 930 g/mol. The van der Waals surface area contributed by atoms with E-state index in [0.717, 1.165) is 17.8 Å². The van der Waals surface area contributed by atoms with Crippen LogP contribution in [0.3, 0.4) is 0 Å². The van der Waals surface area contributed by atoms with Crippen molar-refractivity contribution in [3.05, 3.63) is 113 Å². The molecule has 27 heteroatoms. The molecule has 5 rings (SSSR count). The van der Waals surface area contributed by atoms with Gasteiger partial charge >= 0.3 is 0 Å². The lowest BCUT2D eigenvalue weighted by molar-refractivity contribution is -0.432. The molecule has 5 aromatic rings. The Kier molecular flexibility index (Phi) is 20.7. The summed E-state index contributed by atoms with van der Waals surface area (Å²) in [6.07, 6.45) is 0. The number of sulfone groups is 1. The number of carbonyl (C=O) groups is 1. The molecule has 5 aromatic carbocycles. The summed E-state index contributed by atoms with van der Waals surface area (Å²) in [5.74, 6) is -0.316. The molecule has 0 bridgehead atoms. The zero-order valence-corrected chi connectivity index (χ0v) is 35.1. The van der Waals surface area contributed by atoms with Gasteiger partial charge in [-0.25, -0.2) is 27.2 Å². The number of nitrogen functional groups attached to an aromatic ring is 5. The largest absolute Gasteiger partial charge is 0.506 e. The van der Waals surface area contributed by atoms with Crippen LogP contribution in [0, 0.1) is 10.1 Å². The Bertz CT molecular complexity index is 2580. The predicted octanol–water partition coefficient (Wildman–Crippen LogP) is 3.74. The van der Waals surface area contributed by atoms with Gasteiger partial charge in [0, 0.05) is 41.0 Å². The van der Waals surface area contributed by atoms with E-state index >= 15 is 0 Å². The quantitative estimate of drug-likeness (QED) is 0.0191. The van der Waals surface area contributed by atoms with E-state index in [1.54, 1.807) is 31.2 Å². The van der Waals surface area contributed by atoms with Crippen LogP contribution in [-0.4, -0.2) is 61.9 Å². The number of nitrogens with zero attached hydrogens (tertiary/aromatic N) is 1. The fourth-order valence-corrected chi connectivity index (χ4v) is 6.30. The van der Waals surface area contributed by atoms with Crippen LogP contribution in [-0.2, 0) is 44.1 Å². The fraction of sp³-hybridized carbons (Fsp3) is 0.0882. The number of nitrogens with two attached hydrogens (primary N) is 6. The Hall–Kier alpha value is -6.43. The van der Waals surface area contributed by atoms with E-state index in [1.165, 1.54) is 73.7 Å². The second-order valence-electron chi connectivity index (χ2n) is 11.4. The van der Waals surface area contributed by atoms with Crippen LogP contribution < -0.4 is 39.1 Å². The van der Waals surface area contributed by atoms with Crippen molar-refractivity contribution in [2.24, 2.45) is 5.14 Å². The number of nitro benzene ring substituents is 1. The number of nitro groups is 1. The summed E-state index contributed by atoms with van der Waals surface area (Å²) in [5, 5.41) is 46.7. The number of phenols is 2. The second-order valence-corrected chi connectivity index (χ2v) is 17.4. The number of non-ortho nitro benzene ring substituents is 1. The van der Waals surface area contributed by atoms with Gasteiger partial charge in [0.1, 0.15) is 16.4 Å². The summed E-state index contributed by atoms with van der Waals surface area (Å²) >= 11 is 0.625. The number of amides is 1. The number of rotatable bonds is 9. The molecule has 0 radical (unpaired) electrons. The van der Waals surface area contributed by atoms with Gasteiger partial charge in [-0.3, -0.25) is 19.5 Å². The third-order valence-electron chi connectivity index (χ3n) is 6.82. The van der Waals surface area contributed by atoms with Crippen LogP contribution >= 0.6 is 12.0 Å². The Balaban J connectivity index is 0.000000384. The van der Waals surface area contributed by atoms with Crippen LogP contribution in [0.5, 0.6) is 11.5 Å². The van der Waals surface area contributed by atoms with Crippen molar-refractivity contribution in [2.45, 2.75) is 33.4 Å². The molecule has 0 aliphatic heterocycles. The Labute approximate surface area is 353 Å². The number of aromatic hydroxyl groups is 2. The molecule has 0 spiro atoms. The summed E-state index contributed by atoms with van der Waals surface area (Å²) < 4.78 is 78.5. The molecule has 23 nitrogen and oxygen atoms in total. The number of hydrogen-bond acceptors (Lipinski definition) is 20. The topological polar surface area (TPSA) is 430 Å². The van der Waals surface area contributed by atoms with Crippen molar-refractivity contribution >= 4 is 87.7 Å². The Morgan fingerprint density at radius 1 is 0.738 bits per heavy atom. The van der Waals surface area contributed by atoms with Crippen LogP contribution in [0.4, 0.5) is 39.8 Å². The van der Waals surface area contributed by atoms with Crippen molar-refractivity contribution in [1.82, 2.24) is 0 Å². The van der Waals surface area contributed by atoms with Crippen molar-refractivity contribution in [1.29, 1.82) is 0 Å². The molecule has 0 saturated heterocycles. The van der Waals surface area contributed by atoms with Crippen LogP contribution in [0.2, 0.25) is 0 Å². The lowest BCUT2D eigenvalue weighted by Crippen LogP contribution is -2.12. The van der Waals surface area contributed by atoms with Gasteiger partial charge in [-0.1, -0.05) is 12.0 Å². The van der Waals surface area contributed by atoms with E-state index in [0.29, 0.717) is 28.3 Å². The number of sulfonamides is 1. The number of primary sulfonamides is 1. The van der Waals surface area contributed by atoms with E-state index in [-0.39, 0.29) is 55.7 Å². The van der Waals surface area contributed by atoms with Gasteiger partial charge in [0.25, 0.3) is 15.8 Å². The van der Waals surface area contributed by atoms with Gasteiger partial charge in [0.15, 0.2) is 9.84 Å². The molecule has 0 saturated carbocycles. The highest BCUT2D eigenvalue weighted by Crippen LogP contribution is 2.27. The Morgan fingerprint density at radius 2 is 1.21 bits per heavy atom. The highest BCUT2D eigenvalue weighted by atomic mass is 32.2. The highest BCUT2D eigenvalue weighted by Gasteiger charge is 2.15. The standard InChI is InChI=1S/C8H10N2O.C8H11NO3S.C6H8N2O3S.C6H6N2O2.C6H7NO6S2/c1-6(11)10-8-4-2-7(9)3-5-8;1-2-13(11,12)6-3-4-8(10)7(9)5-6;7-5-3-4(12(8,10)11)1-2-6(5)9;7-5-1-3-6(4-2-5)8(9)10;7-5-3-4(14-13-12-8)1-2-6(5)15(9,10)11/h2-5H,9H2,1H3,(H,10,11);3-5,10H,2,9H2,1H3;1-3,9H,7H2,(H2,8,10,11);1-4H,7H2;1-3,8H,7H2,(H,9,10,11). The maximum atomic E-state index is 11.3. The lowest BCUT2D eigenvalue weighted by atomic mass is 10.3. The molecule has 0 aromatic heterocycles. The maximum Gasteiger partial charge on any atom is 0.296 e. The number of hydrogen-bond donors (Lipinski definition) is 11. The number of phenolic OH excluding ortho intramolecular Hbond substituents is 2. The minimum Gasteiger partial charge on any atom is -0.506 e. The third-order valence-corrected chi connectivity index (χ3v) is 11.0. The Morgan fingerprint density at radius 3 is 1.61 bits per heavy atom.